The van der Waals surface area contributed by atoms with Crippen molar-refractivity contribution in [1.29, 1.82) is 0 Å². The summed E-state index contributed by atoms with van der Waals surface area (Å²) in [7, 11) is 1.70. The lowest BCUT2D eigenvalue weighted by molar-refractivity contribution is 0.0797. The van der Waals surface area contributed by atoms with Crippen molar-refractivity contribution in [2.24, 2.45) is 0 Å². The average molecular weight is 547 g/mol. The molecule has 39 heavy (non-hydrogen) atoms. The van der Waals surface area contributed by atoms with Crippen LogP contribution in [-0.2, 0) is 13.1 Å². The molecule has 10 nitrogen and oxygen atoms in total. The molecular weight excluding hydrogens is 512 g/mol. The predicted molar refractivity (Wildman–Crippen MR) is 151 cm³/mol. The van der Waals surface area contributed by atoms with Crippen LogP contribution in [-0.4, -0.2) is 79.8 Å². The Labute approximate surface area is 232 Å². The zero-order valence-electron chi connectivity index (χ0n) is 22.5. The fourth-order valence-corrected chi connectivity index (χ4v) is 6.80. The number of likely N-dealkylation sites (tertiary alicyclic amines) is 2. The van der Waals surface area contributed by atoms with Crippen LogP contribution < -0.4 is 10.1 Å². The van der Waals surface area contributed by atoms with Crippen molar-refractivity contribution in [2.75, 3.05) is 38.6 Å². The van der Waals surface area contributed by atoms with E-state index in [0.29, 0.717) is 12.6 Å². The highest BCUT2D eigenvalue weighted by Crippen LogP contribution is 2.35. The number of aryl methyl sites for hydroxylation is 1. The van der Waals surface area contributed by atoms with Crippen molar-refractivity contribution < 1.29 is 9.53 Å². The van der Waals surface area contributed by atoms with Gasteiger partial charge in [0.25, 0.3) is 5.91 Å². The topological polar surface area (TPSA) is 101 Å². The van der Waals surface area contributed by atoms with E-state index in [9.17, 15) is 4.79 Å². The van der Waals surface area contributed by atoms with E-state index < -0.39 is 0 Å². The molecule has 0 spiro atoms. The zero-order chi connectivity index (χ0) is 26.8. The summed E-state index contributed by atoms with van der Waals surface area (Å²) in [5, 5.41) is 8.92. The normalized spacial score (nSPS) is 16.7. The van der Waals surface area contributed by atoms with Gasteiger partial charge in [-0.1, -0.05) is 6.07 Å². The molecule has 4 aromatic rings. The number of rotatable bonds is 8. The van der Waals surface area contributed by atoms with E-state index in [-0.39, 0.29) is 5.91 Å². The van der Waals surface area contributed by atoms with E-state index in [1.807, 2.05) is 22.6 Å². The molecule has 2 fully saturated rings. The maximum Gasteiger partial charge on any atom is 0.264 e. The number of thiophene rings is 1. The van der Waals surface area contributed by atoms with Crippen LogP contribution in [0.1, 0.15) is 52.0 Å². The number of anilines is 1. The van der Waals surface area contributed by atoms with Gasteiger partial charge >= 0.3 is 0 Å². The molecule has 2 aliphatic rings. The number of carbonyl (C=O) groups excluding carboxylic acids is 1. The third-order valence-electron chi connectivity index (χ3n) is 7.79. The molecule has 1 N–H and O–H groups in total. The highest BCUT2D eigenvalue weighted by atomic mass is 32.1. The van der Waals surface area contributed by atoms with E-state index in [2.05, 4.69) is 42.4 Å². The Bertz CT molecular complexity index is 1440. The van der Waals surface area contributed by atoms with Crippen LogP contribution in [0.25, 0.3) is 10.2 Å². The molecule has 5 heterocycles. The highest BCUT2D eigenvalue weighted by molar-refractivity contribution is 7.20. The van der Waals surface area contributed by atoms with Crippen LogP contribution in [0, 0.1) is 6.92 Å². The molecule has 0 radical (unpaired) electrons. The van der Waals surface area contributed by atoms with Crippen LogP contribution in [0.2, 0.25) is 0 Å². The molecule has 1 amide bonds. The Kier molecular flexibility index (Phi) is 7.43. The second-order valence-electron chi connectivity index (χ2n) is 10.4. The van der Waals surface area contributed by atoms with Gasteiger partial charge in [-0.05, 0) is 55.9 Å². The second kappa shape index (κ2) is 11.3. The predicted octanol–water partition coefficient (Wildman–Crippen LogP) is 3.96. The van der Waals surface area contributed by atoms with Crippen LogP contribution in [0.3, 0.4) is 0 Å². The fraction of sp³-hybridized carbons (Fsp3) is 0.464. The first-order chi connectivity index (χ1) is 19.1. The van der Waals surface area contributed by atoms with E-state index in [4.69, 9.17) is 4.74 Å². The molecule has 1 aromatic carbocycles. The number of ether oxygens (including phenoxy) is 1. The minimum absolute atomic E-state index is 0.134. The number of hydrogen-bond donors (Lipinski definition) is 1. The number of carbonyl (C=O) groups is 1. The van der Waals surface area contributed by atoms with E-state index >= 15 is 0 Å². The first-order valence-electron chi connectivity index (χ1n) is 13.6. The number of nitrogens with zero attached hydrogens (tertiary/aromatic N) is 7. The van der Waals surface area contributed by atoms with Gasteiger partial charge in [0, 0.05) is 44.3 Å². The Hall–Kier alpha value is -3.57. The largest absolute Gasteiger partial charge is 0.496 e. The SMILES string of the molecule is COc1ccc(CN2CCC(Nc3ncnc4sc(C(=O)N5CCCC5)c(C)c34)CC2)cc1Cn1cncn1. The van der Waals surface area contributed by atoms with Crippen LogP contribution >= 0.6 is 11.3 Å². The number of amides is 1. The Balaban J connectivity index is 1.10. The smallest absolute Gasteiger partial charge is 0.264 e. The van der Waals surface area contributed by atoms with E-state index in [1.54, 1.807) is 26.1 Å². The summed E-state index contributed by atoms with van der Waals surface area (Å²) in [6, 6.07) is 6.73. The molecule has 204 valence electrons. The van der Waals surface area contributed by atoms with Gasteiger partial charge in [0.2, 0.25) is 0 Å². The maximum absolute atomic E-state index is 13.1. The van der Waals surface area contributed by atoms with Gasteiger partial charge in [0.15, 0.2) is 0 Å². The summed E-state index contributed by atoms with van der Waals surface area (Å²) >= 11 is 1.49. The minimum Gasteiger partial charge on any atom is -0.496 e. The summed E-state index contributed by atoms with van der Waals surface area (Å²) in [5.41, 5.74) is 3.35. The number of methoxy groups -OCH3 is 1. The van der Waals surface area contributed by atoms with Gasteiger partial charge < -0.3 is 15.0 Å². The van der Waals surface area contributed by atoms with Crippen molar-refractivity contribution in [3.63, 3.8) is 0 Å². The quantitative estimate of drug-likeness (QED) is 0.354. The van der Waals surface area contributed by atoms with Gasteiger partial charge in [-0.2, -0.15) is 5.10 Å². The lowest BCUT2D eigenvalue weighted by Crippen LogP contribution is -2.38. The number of aromatic nitrogens is 5. The average Bonchev–Trinajstić information content (AvgIpc) is 3.73. The number of nitrogens with one attached hydrogen (secondary N) is 1. The van der Waals surface area contributed by atoms with Gasteiger partial charge in [0.05, 0.1) is 23.9 Å². The summed E-state index contributed by atoms with van der Waals surface area (Å²) in [4.78, 5) is 32.4. The molecule has 0 bridgehead atoms. The van der Waals surface area contributed by atoms with Gasteiger partial charge in [-0.15, -0.1) is 11.3 Å². The Morgan fingerprint density at radius 3 is 2.67 bits per heavy atom. The Morgan fingerprint density at radius 1 is 1.10 bits per heavy atom. The lowest BCUT2D eigenvalue weighted by atomic mass is 10.0. The second-order valence-corrected chi connectivity index (χ2v) is 11.4. The molecule has 11 heteroatoms. The number of benzene rings is 1. The maximum atomic E-state index is 13.1. The van der Waals surface area contributed by atoms with Crippen molar-refractivity contribution in [3.05, 3.63) is 58.7 Å². The molecule has 2 saturated heterocycles. The fourth-order valence-electron chi connectivity index (χ4n) is 5.68. The zero-order valence-corrected chi connectivity index (χ0v) is 23.3. The first-order valence-corrected chi connectivity index (χ1v) is 14.4. The Morgan fingerprint density at radius 2 is 1.92 bits per heavy atom. The third-order valence-corrected chi connectivity index (χ3v) is 8.98. The lowest BCUT2D eigenvalue weighted by Gasteiger charge is -2.32. The standard InChI is InChI=1S/C28H34N8O2S/c1-19-24-26(30-17-31-27(24)39-25(19)28(37)35-9-3-4-10-35)33-22-7-11-34(12-8-22)14-20-5-6-23(38-2)21(13-20)15-36-18-29-16-32-36/h5-6,13,16-18,22H,3-4,7-12,14-15H2,1-2H3,(H,30,31,33). The molecule has 0 aliphatic carbocycles. The molecule has 0 saturated carbocycles. The third kappa shape index (κ3) is 5.46. The van der Waals surface area contributed by atoms with Crippen molar-refractivity contribution in [2.45, 2.75) is 51.7 Å². The summed E-state index contributed by atoms with van der Waals surface area (Å²) in [6.45, 7) is 7.25. The highest BCUT2D eigenvalue weighted by Gasteiger charge is 2.27. The minimum atomic E-state index is 0.134. The van der Waals surface area contributed by atoms with Crippen LogP contribution in [0.15, 0.2) is 37.2 Å². The van der Waals surface area contributed by atoms with E-state index in [0.717, 1.165) is 96.2 Å². The summed E-state index contributed by atoms with van der Waals surface area (Å²) in [5.74, 6) is 1.85. The van der Waals surface area contributed by atoms with Gasteiger partial charge in [0.1, 0.15) is 35.4 Å². The molecule has 6 rings (SSSR count). The molecule has 0 atom stereocenters. The van der Waals surface area contributed by atoms with E-state index in [1.165, 1.54) is 16.9 Å². The van der Waals surface area contributed by atoms with Crippen LogP contribution in [0.4, 0.5) is 5.82 Å². The summed E-state index contributed by atoms with van der Waals surface area (Å²) in [6.07, 6.45) is 9.10. The van der Waals surface area contributed by atoms with Crippen LogP contribution in [0.5, 0.6) is 5.75 Å². The molecule has 2 aliphatic heterocycles. The molecule has 3 aromatic heterocycles. The number of piperidine rings is 1. The van der Waals surface area contributed by atoms with Crippen molar-refractivity contribution in [1.82, 2.24) is 34.5 Å². The van der Waals surface area contributed by atoms with Crippen molar-refractivity contribution in [3.8, 4) is 5.75 Å². The molecular formula is C28H34N8O2S. The monoisotopic (exact) mass is 546 g/mol. The van der Waals surface area contributed by atoms with Gasteiger partial charge in [-0.3, -0.25) is 9.69 Å². The van der Waals surface area contributed by atoms with Gasteiger partial charge in [-0.25, -0.2) is 19.6 Å². The van der Waals surface area contributed by atoms with Crippen molar-refractivity contribution >= 4 is 33.3 Å². The molecule has 0 unspecified atom stereocenters. The number of fused-ring (bicyclic) bond motifs is 1. The first kappa shape index (κ1) is 25.7. The summed E-state index contributed by atoms with van der Waals surface area (Å²) < 4.78 is 7.38. The number of hydrogen-bond acceptors (Lipinski definition) is 9.